The van der Waals surface area contributed by atoms with Crippen LogP contribution in [0.5, 0.6) is 0 Å². The molecule has 1 aliphatic carbocycles. The van der Waals surface area contributed by atoms with E-state index in [4.69, 9.17) is 11.6 Å². The van der Waals surface area contributed by atoms with Gasteiger partial charge >= 0.3 is 5.97 Å². The molecule has 0 aromatic heterocycles. The summed E-state index contributed by atoms with van der Waals surface area (Å²) in [6.07, 6.45) is 1.41. The third-order valence-electron chi connectivity index (χ3n) is 4.34. The molecule has 0 fully saturated rings. The average Bonchev–Trinajstić information content (AvgIpc) is 3.13. The number of carbonyl (C=O) groups is 2. The van der Waals surface area contributed by atoms with Crippen molar-refractivity contribution in [2.24, 2.45) is 0 Å². The van der Waals surface area contributed by atoms with Gasteiger partial charge in [0.25, 0.3) is 5.91 Å². The summed E-state index contributed by atoms with van der Waals surface area (Å²) in [7, 11) is 0. The van der Waals surface area contributed by atoms with E-state index in [1.807, 2.05) is 36.4 Å². The minimum atomic E-state index is -1.08. The van der Waals surface area contributed by atoms with Crippen molar-refractivity contribution >= 4 is 29.2 Å². The predicted molar refractivity (Wildman–Crippen MR) is 98.7 cm³/mol. The summed E-state index contributed by atoms with van der Waals surface area (Å²) >= 11 is 6.39. The third kappa shape index (κ3) is 3.32. The Morgan fingerprint density at radius 2 is 1.77 bits per heavy atom. The second kappa shape index (κ2) is 7.42. The molecule has 1 aliphatic rings. The molecule has 130 valence electrons. The van der Waals surface area contributed by atoms with Crippen LogP contribution >= 0.6 is 11.6 Å². The third-order valence-corrected chi connectivity index (χ3v) is 4.73. The molecule has 3 rings (SSSR count). The number of anilines is 1. The highest BCUT2D eigenvalue weighted by Crippen LogP contribution is 2.35. The number of nitrogens with one attached hydrogen (secondary N) is 1. The number of hydrogen-bond donors (Lipinski definition) is 2. The Morgan fingerprint density at radius 3 is 2.42 bits per heavy atom. The van der Waals surface area contributed by atoms with Crippen LogP contribution in [0.1, 0.15) is 24.8 Å². The fourth-order valence-corrected chi connectivity index (χ4v) is 3.37. The summed E-state index contributed by atoms with van der Waals surface area (Å²) in [5.41, 5.74) is 2.35. The fraction of sp³-hybridized carbons (Fsp3) is 0.150. The standard InChI is InChI=1S/C20H15ClN2O3/c21-18-13(12-5-2-1-3-6-12)9-10-17(16(18)11-22)23-19(24)14-7-4-8-15(14)20(25)26/h1-3,5-6,9-10H,4,7-8H2,(H,23,24)(H,25,26). The number of aliphatic carboxylic acids is 1. The Kier molecular flexibility index (Phi) is 5.06. The smallest absolute Gasteiger partial charge is 0.332 e. The molecule has 0 unspecified atom stereocenters. The van der Waals surface area contributed by atoms with Crippen molar-refractivity contribution in [2.75, 3.05) is 5.32 Å². The zero-order valence-corrected chi connectivity index (χ0v) is 14.5. The summed E-state index contributed by atoms with van der Waals surface area (Å²) in [6.45, 7) is 0. The van der Waals surface area contributed by atoms with Gasteiger partial charge in [-0.3, -0.25) is 4.79 Å². The summed E-state index contributed by atoms with van der Waals surface area (Å²) in [5.74, 6) is -1.58. The number of nitriles is 1. The van der Waals surface area contributed by atoms with Crippen molar-refractivity contribution in [2.45, 2.75) is 19.3 Å². The second-order valence-corrected chi connectivity index (χ2v) is 6.28. The summed E-state index contributed by atoms with van der Waals surface area (Å²) in [6, 6.07) is 14.7. The monoisotopic (exact) mass is 366 g/mol. The molecule has 2 N–H and O–H groups in total. The van der Waals surface area contributed by atoms with Gasteiger partial charge in [0.15, 0.2) is 0 Å². The van der Waals surface area contributed by atoms with Crippen molar-refractivity contribution < 1.29 is 14.7 Å². The quantitative estimate of drug-likeness (QED) is 0.840. The van der Waals surface area contributed by atoms with Crippen LogP contribution in [-0.2, 0) is 9.59 Å². The first-order valence-electron chi connectivity index (χ1n) is 8.07. The van der Waals surface area contributed by atoms with E-state index in [0.717, 1.165) is 5.56 Å². The van der Waals surface area contributed by atoms with Crippen LogP contribution in [-0.4, -0.2) is 17.0 Å². The van der Waals surface area contributed by atoms with Crippen molar-refractivity contribution in [3.63, 3.8) is 0 Å². The van der Waals surface area contributed by atoms with Gasteiger partial charge in [0.2, 0.25) is 0 Å². The average molecular weight is 367 g/mol. The molecule has 1 amide bonds. The Balaban J connectivity index is 1.96. The lowest BCUT2D eigenvalue weighted by Crippen LogP contribution is -2.17. The minimum Gasteiger partial charge on any atom is -0.478 e. The van der Waals surface area contributed by atoms with E-state index >= 15 is 0 Å². The van der Waals surface area contributed by atoms with Crippen LogP contribution in [0, 0.1) is 11.3 Å². The Labute approximate surface area is 155 Å². The van der Waals surface area contributed by atoms with E-state index < -0.39 is 11.9 Å². The maximum Gasteiger partial charge on any atom is 0.332 e. The molecule has 6 heteroatoms. The fourth-order valence-electron chi connectivity index (χ4n) is 3.06. The first-order valence-corrected chi connectivity index (χ1v) is 8.45. The Morgan fingerprint density at radius 1 is 1.08 bits per heavy atom. The Bertz CT molecular complexity index is 959. The number of carboxylic acids is 1. The first-order chi connectivity index (χ1) is 12.5. The molecule has 0 heterocycles. The molecule has 0 saturated carbocycles. The van der Waals surface area contributed by atoms with E-state index in [1.54, 1.807) is 12.1 Å². The van der Waals surface area contributed by atoms with Gasteiger partial charge in [-0.25, -0.2) is 4.79 Å². The van der Waals surface area contributed by atoms with Crippen molar-refractivity contribution in [3.05, 3.63) is 64.2 Å². The van der Waals surface area contributed by atoms with Gasteiger partial charge in [0.05, 0.1) is 16.3 Å². The van der Waals surface area contributed by atoms with E-state index in [9.17, 15) is 20.0 Å². The topological polar surface area (TPSA) is 90.2 Å². The summed E-state index contributed by atoms with van der Waals surface area (Å²) in [5, 5.41) is 21.6. The van der Waals surface area contributed by atoms with Crippen molar-refractivity contribution in [1.29, 1.82) is 5.26 Å². The number of hydrogen-bond acceptors (Lipinski definition) is 3. The molecule has 0 aliphatic heterocycles. The van der Waals surface area contributed by atoms with Gasteiger partial charge < -0.3 is 10.4 Å². The number of rotatable bonds is 4. The summed E-state index contributed by atoms with van der Waals surface area (Å²) in [4.78, 5) is 23.7. The van der Waals surface area contributed by atoms with Gasteiger partial charge in [-0.15, -0.1) is 0 Å². The van der Waals surface area contributed by atoms with Gasteiger partial charge in [-0.05, 0) is 30.9 Å². The van der Waals surface area contributed by atoms with E-state index in [1.165, 1.54) is 0 Å². The highest BCUT2D eigenvalue weighted by Gasteiger charge is 2.26. The number of carbonyl (C=O) groups excluding carboxylic acids is 1. The van der Waals surface area contributed by atoms with Crippen LogP contribution in [0.25, 0.3) is 11.1 Å². The number of carboxylic acid groups (broad SMARTS) is 1. The van der Waals surface area contributed by atoms with Crippen LogP contribution in [0.4, 0.5) is 5.69 Å². The molecule has 0 radical (unpaired) electrons. The van der Waals surface area contributed by atoms with Crippen LogP contribution in [0.3, 0.4) is 0 Å². The first kappa shape index (κ1) is 17.7. The van der Waals surface area contributed by atoms with Crippen molar-refractivity contribution in [1.82, 2.24) is 0 Å². The maximum atomic E-state index is 12.5. The molecule has 2 aromatic carbocycles. The van der Waals surface area contributed by atoms with Gasteiger partial charge in [0.1, 0.15) is 6.07 Å². The lowest BCUT2D eigenvalue weighted by molar-refractivity contribution is -0.133. The molecular weight excluding hydrogens is 352 g/mol. The molecular formula is C20H15ClN2O3. The van der Waals surface area contributed by atoms with Gasteiger partial charge in [-0.1, -0.05) is 48.0 Å². The zero-order valence-electron chi connectivity index (χ0n) is 13.8. The van der Waals surface area contributed by atoms with E-state index in [2.05, 4.69) is 5.32 Å². The molecule has 0 saturated heterocycles. The zero-order chi connectivity index (χ0) is 18.7. The molecule has 26 heavy (non-hydrogen) atoms. The minimum absolute atomic E-state index is 0.132. The summed E-state index contributed by atoms with van der Waals surface area (Å²) < 4.78 is 0. The van der Waals surface area contributed by atoms with E-state index in [-0.39, 0.29) is 27.4 Å². The molecule has 2 aromatic rings. The Hall–Kier alpha value is -3.10. The number of benzene rings is 2. The molecule has 0 atom stereocenters. The van der Waals surface area contributed by atoms with Crippen LogP contribution < -0.4 is 5.32 Å². The molecule has 0 spiro atoms. The number of nitrogens with zero attached hydrogens (tertiary/aromatic N) is 1. The van der Waals surface area contributed by atoms with Crippen LogP contribution in [0.2, 0.25) is 5.02 Å². The number of amides is 1. The maximum absolute atomic E-state index is 12.5. The predicted octanol–water partition coefficient (Wildman–Crippen LogP) is 4.38. The SMILES string of the molecule is N#Cc1c(NC(=O)C2=C(C(=O)O)CCC2)ccc(-c2ccccc2)c1Cl. The molecule has 0 bridgehead atoms. The lowest BCUT2D eigenvalue weighted by Gasteiger charge is -2.12. The number of halogens is 1. The van der Waals surface area contributed by atoms with Gasteiger partial charge in [-0.2, -0.15) is 5.26 Å². The van der Waals surface area contributed by atoms with Gasteiger partial charge in [0, 0.05) is 16.7 Å². The van der Waals surface area contributed by atoms with Crippen LogP contribution in [0.15, 0.2) is 53.6 Å². The normalized spacial score (nSPS) is 13.4. The van der Waals surface area contributed by atoms with Crippen molar-refractivity contribution in [3.8, 4) is 17.2 Å². The molecule has 5 nitrogen and oxygen atoms in total. The lowest BCUT2D eigenvalue weighted by atomic mass is 10.0. The second-order valence-electron chi connectivity index (χ2n) is 5.90. The highest BCUT2D eigenvalue weighted by molar-refractivity contribution is 6.35. The highest BCUT2D eigenvalue weighted by atomic mass is 35.5. The largest absolute Gasteiger partial charge is 0.478 e. The van der Waals surface area contributed by atoms with E-state index in [0.29, 0.717) is 24.8 Å².